The molecule has 0 aliphatic heterocycles. The normalized spacial score (nSPS) is 12.4. The number of carbonyl (C=O) groups is 1. The second-order valence-corrected chi connectivity index (χ2v) is 12.3. The molecule has 0 aliphatic rings. The van der Waals surface area contributed by atoms with Crippen LogP contribution in [0.5, 0.6) is 0 Å². The number of hydrogen-bond donors (Lipinski definition) is 1. The number of rotatable bonds is 4. The van der Waals surface area contributed by atoms with Gasteiger partial charge in [-0.05, 0) is 33.2 Å². The van der Waals surface area contributed by atoms with Gasteiger partial charge >= 0.3 is 6.09 Å². The van der Waals surface area contributed by atoms with Crippen molar-refractivity contribution in [1.29, 1.82) is 0 Å². The van der Waals surface area contributed by atoms with Crippen molar-refractivity contribution in [2.24, 2.45) is 0 Å². The fraction of sp³-hybridized carbons (Fsp3) is 0.900. The zero-order valence-electron chi connectivity index (χ0n) is 10.3. The molecule has 0 saturated heterocycles. The molecule has 0 aromatic carbocycles. The van der Waals surface area contributed by atoms with Crippen LogP contribution in [-0.4, -0.2) is 25.6 Å². The van der Waals surface area contributed by atoms with E-state index in [0.717, 1.165) is 12.5 Å². The van der Waals surface area contributed by atoms with Crippen LogP contribution in [-0.2, 0) is 4.74 Å². The van der Waals surface area contributed by atoms with Gasteiger partial charge in [-0.15, -0.1) is 0 Å². The van der Waals surface area contributed by atoms with Crippen molar-refractivity contribution in [3.63, 3.8) is 0 Å². The Kier molecular flexibility index (Phi) is 5.66. The van der Waals surface area contributed by atoms with Gasteiger partial charge < -0.3 is 10.1 Å². The third-order valence-corrected chi connectivity index (χ3v) is 3.74. The lowest BCUT2D eigenvalue weighted by Crippen LogP contribution is -2.41. The van der Waals surface area contributed by atoms with Crippen molar-refractivity contribution in [1.82, 2.24) is 5.32 Å². The Labute approximate surface area is 98.2 Å². The van der Waals surface area contributed by atoms with E-state index in [2.05, 4.69) is 18.4 Å². The average Bonchev–Trinajstić information content (AvgIpc) is 1.92. The maximum absolute atomic E-state index is 11.2. The van der Waals surface area contributed by atoms with Crippen LogP contribution in [0.25, 0.3) is 0 Å². The minimum absolute atomic E-state index is 0.239. The summed E-state index contributed by atoms with van der Waals surface area (Å²) < 4.78 is 5.03. The van der Waals surface area contributed by atoms with Crippen molar-refractivity contribution in [3.05, 3.63) is 0 Å². The minimum Gasteiger partial charge on any atom is -0.450 e. The third-order valence-electron chi connectivity index (χ3n) is 1.63. The second-order valence-electron chi connectivity index (χ2n) is 5.33. The van der Waals surface area contributed by atoms with E-state index in [1.165, 1.54) is 0 Å². The molecular weight excluding hydrogens is 230 g/mol. The van der Waals surface area contributed by atoms with Gasteiger partial charge in [0.15, 0.2) is 7.38 Å². The van der Waals surface area contributed by atoms with E-state index in [0.29, 0.717) is 6.61 Å². The summed E-state index contributed by atoms with van der Waals surface area (Å²) in [5, 5.41) is 2.73. The summed E-state index contributed by atoms with van der Waals surface area (Å²) in [6.45, 7) is 10.4. The third kappa shape index (κ3) is 11.7. The van der Waals surface area contributed by atoms with Gasteiger partial charge in [0.25, 0.3) is 0 Å². The van der Waals surface area contributed by atoms with Gasteiger partial charge in [0, 0.05) is 5.54 Å². The maximum Gasteiger partial charge on any atom is 0.407 e. The van der Waals surface area contributed by atoms with Crippen molar-refractivity contribution in [3.8, 4) is 0 Å². The van der Waals surface area contributed by atoms with Gasteiger partial charge in [0.2, 0.25) is 0 Å². The fourth-order valence-electron chi connectivity index (χ4n) is 1.000. The van der Waals surface area contributed by atoms with Gasteiger partial charge in [-0.3, -0.25) is 0 Å². The highest BCUT2D eigenvalue weighted by Crippen LogP contribution is 2.16. The Bertz CT molecular complexity index is 208. The second kappa shape index (κ2) is 5.75. The summed E-state index contributed by atoms with van der Waals surface area (Å²) in [6.07, 6.45) is 0.497. The molecule has 0 atom stereocenters. The van der Waals surface area contributed by atoms with Gasteiger partial charge in [0.1, 0.15) is 0 Å². The molecule has 3 nitrogen and oxygen atoms in total. The number of alkyl carbamates (subject to hydrolysis) is 1. The van der Waals surface area contributed by atoms with Crippen LogP contribution in [0.2, 0.25) is 19.1 Å². The topological polar surface area (TPSA) is 38.3 Å². The van der Waals surface area contributed by atoms with E-state index in [9.17, 15) is 4.79 Å². The molecule has 0 aromatic rings. The average molecular weight is 252 g/mol. The summed E-state index contributed by atoms with van der Waals surface area (Å²) in [5.41, 5.74) is -0.239. The number of amides is 1. The molecular formula is C10H22ClNO2Si. The highest BCUT2D eigenvalue weighted by molar-refractivity contribution is 7.19. The van der Waals surface area contributed by atoms with Gasteiger partial charge in [-0.1, -0.05) is 13.1 Å². The number of hydrogen-bond acceptors (Lipinski definition) is 2. The molecule has 0 unspecified atom stereocenters. The first-order valence-electron chi connectivity index (χ1n) is 5.24. The highest BCUT2D eigenvalue weighted by Gasteiger charge is 2.17. The molecule has 0 bridgehead atoms. The molecule has 15 heavy (non-hydrogen) atoms. The monoisotopic (exact) mass is 251 g/mol. The number of halogens is 1. The summed E-state index contributed by atoms with van der Waals surface area (Å²) in [6, 6.07) is 0.970. The molecule has 0 radical (unpaired) electrons. The summed E-state index contributed by atoms with van der Waals surface area (Å²) in [7, 11) is -1.52. The Balaban J connectivity index is 3.57. The quantitative estimate of drug-likeness (QED) is 0.473. The lowest BCUT2D eigenvalue weighted by molar-refractivity contribution is 0.137. The van der Waals surface area contributed by atoms with Crippen molar-refractivity contribution in [2.45, 2.75) is 51.9 Å². The van der Waals surface area contributed by atoms with E-state index in [1.807, 2.05) is 20.8 Å². The summed E-state index contributed by atoms with van der Waals surface area (Å²) in [5.74, 6) is 0. The minimum atomic E-state index is -1.52. The predicted octanol–water partition coefficient (Wildman–Crippen LogP) is 3.35. The summed E-state index contributed by atoms with van der Waals surface area (Å²) in [4.78, 5) is 11.2. The smallest absolute Gasteiger partial charge is 0.407 e. The molecule has 0 heterocycles. The number of carbonyl (C=O) groups excluding carboxylic acids is 1. The highest BCUT2D eigenvalue weighted by atomic mass is 35.6. The van der Waals surface area contributed by atoms with E-state index < -0.39 is 7.38 Å². The zero-order valence-corrected chi connectivity index (χ0v) is 12.1. The van der Waals surface area contributed by atoms with Crippen LogP contribution in [0.1, 0.15) is 27.2 Å². The van der Waals surface area contributed by atoms with Crippen molar-refractivity contribution >= 4 is 24.6 Å². The summed E-state index contributed by atoms with van der Waals surface area (Å²) >= 11 is 6.14. The van der Waals surface area contributed by atoms with Crippen LogP contribution in [0, 0.1) is 0 Å². The Morgan fingerprint density at radius 1 is 1.40 bits per heavy atom. The molecule has 1 N–H and O–H groups in total. The fourth-order valence-corrected chi connectivity index (χ4v) is 2.39. The van der Waals surface area contributed by atoms with Gasteiger partial charge in [-0.25, -0.2) is 4.79 Å². The van der Waals surface area contributed by atoms with Crippen LogP contribution in [0.15, 0.2) is 0 Å². The first kappa shape index (κ1) is 14.8. The van der Waals surface area contributed by atoms with Crippen molar-refractivity contribution in [2.75, 3.05) is 6.61 Å². The van der Waals surface area contributed by atoms with Crippen LogP contribution in [0.3, 0.4) is 0 Å². The van der Waals surface area contributed by atoms with E-state index in [4.69, 9.17) is 15.8 Å². The maximum atomic E-state index is 11.2. The van der Waals surface area contributed by atoms with E-state index >= 15 is 0 Å². The number of ether oxygens (including phenoxy) is 1. The molecule has 0 saturated carbocycles. The lowest BCUT2D eigenvalue weighted by Gasteiger charge is -2.20. The predicted molar refractivity (Wildman–Crippen MR) is 67.0 cm³/mol. The van der Waals surface area contributed by atoms with Crippen LogP contribution >= 0.6 is 11.1 Å². The first-order chi connectivity index (χ1) is 6.60. The first-order valence-corrected chi connectivity index (χ1v) is 9.46. The molecule has 1 amide bonds. The van der Waals surface area contributed by atoms with Gasteiger partial charge in [-0.2, -0.15) is 11.1 Å². The molecule has 0 aromatic heterocycles. The van der Waals surface area contributed by atoms with Crippen LogP contribution < -0.4 is 5.32 Å². The molecule has 5 heteroatoms. The standard InChI is InChI=1S/C10H22ClNO2Si/c1-10(2,3)12-9(13)14-7-6-8-15(4,5)11/h6-8H2,1-5H3,(H,12,13). The Morgan fingerprint density at radius 2 is 1.93 bits per heavy atom. The molecule has 0 aliphatic carbocycles. The molecule has 0 spiro atoms. The Morgan fingerprint density at radius 3 is 2.33 bits per heavy atom. The zero-order chi connectivity index (χ0) is 12.1. The molecule has 0 fully saturated rings. The Hall–Kier alpha value is -0.223. The SMILES string of the molecule is CC(C)(C)NC(=O)OCCC[Si](C)(C)Cl. The molecule has 90 valence electrons. The van der Waals surface area contributed by atoms with E-state index in [-0.39, 0.29) is 11.6 Å². The molecule has 0 rings (SSSR count). The van der Waals surface area contributed by atoms with Crippen LogP contribution in [0.4, 0.5) is 4.79 Å². The largest absolute Gasteiger partial charge is 0.450 e. The van der Waals surface area contributed by atoms with Gasteiger partial charge in [0.05, 0.1) is 6.61 Å². The number of nitrogens with one attached hydrogen (secondary N) is 1. The van der Waals surface area contributed by atoms with E-state index in [1.54, 1.807) is 0 Å². The lowest BCUT2D eigenvalue weighted by atomic mass is 10.1. The van der Waals surface area contributed by atoms with Crippen molar-refractivity contribution < 1.29 is 9.53 Å².